The van der Waals surface area contributed by atoms with Crippen LogP contribution in [0.25, 0.3) is 22.0 Å². The second kappa shape index (κ2) is 10.2. The number of aromatic nitrogens is 1. The van der Waals surface area contributed by atoms with Gasteiger partial charge in [0.15, 0.2) is 17.3 Å². The Morgan fingerprint density at radius 1 is 1.12 bits per heavy atom. The summed E-state index contributed by atoms with van der Waals surface area (Å²) in [7, 11) is 5.75. The fourth-order valence-corrected chi connectivity index (χ4v) is 5.02. The Kier molecular flexibility index (Phi) is 7.27. The maximum Gasteiger partial charge on any atom is 0.194 e. The molecule has 6 heteroatoms. The van der Waals surface area contributed by atoms with Gasteiger partial charge in [-0.1, -0.05) is 19.9 Å². The Labute approximate surface area is 202 Å². The van der Waals surface area contributed by atoms with E-state index in [1.54, 1.807) is 6.07 Å². The highest BCUT2D eigenvalue weighted by Crippen LogP contribution is 2.37. The summed E-state index contributed by atoms with van der Waals surface area (Å²) in [5, 5.41) is 14.8. The van der Waals surface area contributed by atoms with Gasteiger partial charge in [0, 0.05) is 29.4 Å². The summed E-state index contributed by atoms with van der Waals surface area (Å²) in [4.78, 5) is 7.07. The number of phenols is 1. The van der Waals surface area contributed by atoms with Gasteiger partial charge in [-0.2, -0.15) is 0 Å². The van der Waals surface area contributed by atoms with Crippen LogP contribution < -0.4 is 10.1 Å². The van der Waals surface area contributed by atoms with Crippen molar-refractivity contribution in [2.75, 3.05) is 26.5 Å². The number of hydrogen-bond acceptors (Lipinski definition) is 5. The first kappa shape index (κ1) is 24.3. The van der Waals surface area contributed by atoms with Crippen LogP contribution in [0.5, 0.6) is 11.5 Å². The molecule has 182 valence electrons. The highest BCUT2D eigenvalue weighted by molar-refractivity contribution is 5.96. The average Bonchev–Trinajstić information content (AvgIpc) is 2.82. The van der Waals surface area contributed by atoms with Crippen LogP contribution in [0.1, 0.15) is 45.1 Å². The van der Waals surface area contributed by atoms with Crippen LogP contribution in [0.2, 0.25) is 0 Å². The number of phenolic OH excluding ortho intramolecular Hbond substituents is 1. The van der Waals surface area contributed by atoms with Gasteiger partial charge >= 0.3 is 0 Å². The molecule has 0 bridgehead atoms. The summed E-state index contributed by atoms with van der Waals surface area (Å²) >= 11 is 0. The molecule has 1 saturated carbocycles. The van der Waals surface area contributed by atoms with E-state index < -0.39 is 11.6 Å². The quantitative estimate of drug-likeness (QED) is 0.433. The zero-order chi connectivity index (χ0) is 24.4. The Hall–Kier alpha value is -2.86. The summed E-state index contributed by atoms with van der Waals surface area (Å²) < 4.78 is 19.5. The molecule has 0 radical (unpaired) electrons. The highest BCUT2D eigenvalue weighted by atomic mass is 19.1. The van der Waals surface area contributed by atoms with Crippen LogP contribution in [0.15, 0.2) is 36.5 Å². The predicted octanol–water partition coefficient (Wildman–Crippen LogP) is 6.24. The number of hydrogen-bond donors (Lipinski definition) is 2. The highest BCUT2D eigenvalue weighted by Gasteiger charge is 2.24. The van der Waals surface area contributed by atoms with Crippen molar-refractivity contribution in [1.82, 2.24) is 9.88 Å². The first-order chi connectivity index (χ1) is 16.3. The third kappa shape index (κ3) is 5.12. The first-order valence-corrected chi connectivity index (χ1v) is 12.2. The SMILES string of the molecule is COc1cc(-c2ccc3ncc(CC(C)C)c(N[C@H]4CC[C@H](N(C)C)CC4)c3c2)cc(F)c1O. The number of methoxy groups -OCH3 is 1. The van der Waals surface area contributed by atoms with Crippen LogP contribution in [0.3, 0.4) is 0 Å². The fourth-order valence-electron chi connectivity index (χ4n) is 5.02. The van der Waals surface area contributed by atoms with E-state index in [9.17, 15) is 9.50 Å². The molecule has 1 aliphatic carbocycles. The topological polar surface area (TPSA) is 57.6 Å². The van der Waals surface area contributed by atoms with Crippen LogP contribution in [0, 0.1) is 11.7 Å². The third-order valence-corrected chi connectivity index (χ3v) is 6.93. The van der Waals surface area contributed by atoms with E-state index in [0.717, 1.165) is 41.4 Å². The molecule has 34 heavy (non-hydrogen) atoms. The molecule has 5 nitrogen and oxygen atoms in total. The lowest BCUT2D eigenvalue weighted by molar-refractivity contribution is 0.221. The van der Waals surface area contributed by atoms with E-state index in [-0.39, 0.29) is 5.75 Å². The number of nitrogens with zero attached hydrogens (tertiary/aromatic N) is 2. The maximum atomic E-state index is 14.4. The number of benzene rings is 2. The van der Waals surface area contributed by atoms with Crippen molar-refractivity contribution in [3.8, 4) is 22.6 Å². The lowest BCUT2D eigenvalue weighted by Gasteiger charge is -2.34. The monoisotopic (exact) mass is 465 g/mol. The van der Waals surface area contributed by atoms with Gasteiger partial charge < -0.3 is 20.1 Å². The zero-order valence-electron chi connectivity index (χ0n) is 20.9. The standard InChI is InChI=1S/C28H36FN3O2/c1-17(2)12-20-16-30-25-11-6-18(19-14-24(29)28(33)26(15-19)34-5)13-23(25)27(20)31-21-7-9-22(10-8-21)32(3)4/h6,11,13-17,21-22,33H,7-10,12H2,1-5H3,(H,30,31)/t21-,22-. The summed E-state index contributed by atoms with van der Waals surface area (Å²) in [5.41, 5.74) is 4.77. The Morgan fingerprint density at radius 3 is 2.50 bits per heavy atom. The fraction of sp³-hybridized carbons (Fsp3) is 0.464. The molecule has 2 N–H and O–H groups in total. The molecule has 4 rings (SSSR count). The smallest absolute Gasteiger partial charge is 0.194 e. The summed E-state index contributed by atoms with van der Waals surface area (Å²) in [6.45, 7) is 4.44. The summed E-state index contributed by atoms with van der Waals surface area (Å²) in [6, 6.07) is 10.1. The molecule has 0 aliphatic heterocycles. The van der Waals surface area contributed by atoms with Gasteiger partial charge in [0.1, 0.15) is 0 Å². The molecule has 2 aromatic carbocycles. The van der Waals surface area contributed by atoms with E-state index in [1.807, 2.05) is 18.3 Å². The third-order valence-electron chi connectivity index (χ3n) is 6.93. The minimum atomic E-state index is -0.697. The zero-order valence-corrected chi connectivity index (χ0v) is 20.9. The number of nitrogens with one attached hydrogen (secondary N) is 1. The normalized spacial score (nSPS) is 18.6. The predicted molar refractivity (Wildman–Crippen MR) is 137 cm³/mol. The minimum absolute atomic E-state index is 0.123. The van der Waals surface area contributed by atoms with Crippen LogP contribution in [-0.4, -0.2) is 48.3 Å². The number of anilines is 1. The molecular formula is C28H36FN3O2. The molecule has 1 fully saturated rings. The summed E-state index contributed by atoms with van der Waals surface area (Å²) in [6.07, 6.45) is 7.57. The van der Waals surface area contributed by atoms with E-state index in [0.29, 0.717) is 23.6 Å². The van der Waals surface area contributed by atoms with Gasteiger partial charge in [-0.25, -0.2) is 4.39 Å². The Bertz CT molecular complexity index is 1150. The molecule has 1 aromatic heterocycles. The van der Waals surface area contributed by atoms with Gasteiger partial charge in [0.2, 0.25) is 0 Å². The number of halogens is 1. The van der Waals surface area contributed by atoms with Crippen molar-refractivity contribution in [1.29, 1.82) is 0 Å². The van der Waals surface area contributed by atoms with Gasteiger partial charge in [-0.15, -0.1) is 0 Å². The molecule has 0 spiro atoms. The Morgan fingerprint density at radius 2 is 1.85 bits per heavy atom. The summed E-state index contributed by atoms with van der Waals surface area (Å²) in [5.74, 6) is -0.540. The molecule has 0 saturated heterocycles. The molecule has 1 heterocycles. The van der Waals surface area contributed by atoms with Crippen molar-refractivity contribution < 1.29 is 14.2 Å². The molecule has 0 amide bonds. The molecule has 3 aromatic rings. The van der Waals surface area contributed by atoms with Crippen molar-refractivity contribution in [3.05, 3.63) is 47.9 Å². The van der Waals surface area contributed by atoms with E-state index in [4.69, 9.17) is 9.72 Å². The number of rotatable bonds is 7. The Balaban J connectivity index is 1.75. The van der Waals surface area contributed by atoms with E-state index in [1.165, 1.54) is 31.6 Å². The van der Waals surface area contributed by atoms with Crippen LogP contribution in [0.4, 0.5) is 10.1 Å². The number of pyridine rings is 1. The number of ether oxygens (including phenoxy) is 1. The lowest BCUT2D eigenvalue weighted by atomic mass is 9.89. The number of fused-ring (bicyclic) bond motifs is 1. The van der Waals surface area contributed by atoms with Crippen molar-refractivity contribution in [3.63, 3.8) is 0 Å². The van der Waals surface area contributed by atoms with Crippen molar-refractivity contribution >= 4 is 16.6 Å². The average molecular weight is 466 g/mol. The molecular weight excluding hydrogens is 429 g/mol. The van der Waals surface area contributed by atoms with Crippen LogP contribution in [-0.2, 0) is 6.42 Å². The number of aromatic hydroxyl groups is 1. The van der Waals surface area contributed by atoms with Gasteiger partial charge in [0.25, 0.3) is 0 Å². The molecule has 0 atom stereocenters. The van der Waals surface area contributed by atoms with Crippen molar-refractivity contribution in [2.45, 2.75) is 58.0 Å². The second-order valence-electron chi connectivity index (χ2n) is 10.1. The van der Waals surface area contributed by atoms with Gasteiger partial charge in [0.05, 0.1) is 12.6 Å². The molecule has 0 unspecified atom stereocenters. The van der Waals surface area contributed by atoms with E-state index >= 15 is 0 Å². The largest absolute Gasteiger partial charge is 0.502 e. The van der Waals surface area contributed by atoms with Crippen LogP contribution >= 0.6 is 0 Å². The van der Waals surface area contributed by atoms with E-state index in [2.05, 4.69) is 44.2 Å². The van der Waals surface area contributed by atoms with Crippen molar-refractivity contribution in [2.24, 2.45) is 5.92 Å². The second-order valence-corrected chi connectivity index (χ2v) is 10.1. The minimum Gasteiger partial charge on any atom is -0.502 e. The lowest BCUT2D eigenvalue weighted by Crippen LogP contribution is -2.36. The maximum absolute atomic E-state index is 14.4. The first-order valence-electron chi connectivity index (χ1n) is 12.2. The molecule has 1 aliphatic rings. The van der Waals surface area contributed by atoms with Gasteiger partial charge in [-0.05, 0) is 93.1 Å². The van der Waals surface area contributed by atoms with Gasteiger partial charge in [-0.3, -0.25) is 4.98 Å².